The van der Waals surface area contributed by atoms with E-state index >= 15 is 0 Å². The largest absolute Gasteiger partial charge is 2.00 e. The summed E-state index contributed by atoms with van der Waals surface area (Å²) >= 11 is 0. The summed E-state index contributed by atoms with van der Waals surface area (Å²) in [6.07, 6.45) is 9.11. The van der Waals surface area contributed by atoms with Gasteiger partial charge in [0.2, 0.25) is 0 Å². The minimum atomic E-state index is 0. The summed E-state index contributed by atoms with van der Waals surface area (Å²) < 4.78 is 0. The van der Waals surface area contributed by atoms with Gasteiger partial charge in [-0.3, -0.25) is 0 Å². The van der Waals surface area contributed by atoms with E-state index in [0.717, 1.165) is 35.2 Å². The fraction of sp³-hybridized carbons (Fsp3) is 0.565. The molecule has 26 heavy (non-hydrogen) atoms. The molecule has 148 valence electrons. The molecule has 0 atom stereocenters. The van der Waals surface area contributed by atoms with Crippen molar-refractivity contribution in [2.24, 2.45) is 0 Å². The van der Waals surface area contributed by atoms with Gasteiger partial charge in [0.05, 0.1) is 9.52 Å². The number of rotatable bonds is 5. The van der Waals surface area contributed by atoms with E-state index in [1.54, 1.807) is 0 Å². The van der Waals surface area contributed by atoms with Crippen molar-refractivity contribution in [3.8, 4) is 0 Å². The molecule has 0 saturated heterocycles. The zero-order valence-corrected chi connectivity index (χ0v) is 24.3. The topological polar surface area (TPSA) is 0 Å². The predicted octanol–water partition coefficient (Wildman–Crippen LogP) is 7.54. The summed E-state index contributed by atoms with van der Waals surface area (Å²) in [4.78, 5) is 0. The molecule has 1 aromatic carbocycles. The van der Waals surface area contributed by atoms with Crippen molar-refractivity contribution in [2.75, 3.05) is 0 Å². The molecule has 0 fully saturated rings. The van der Waals surface area contributed by atoms with Crippen LogP contribution in [0, 0.1) is 27.7 Å². The van der Waals surface area contributed by atoms with Gasteiger partial charge in [0.1, 0.15) is 0 Å². The van der Waals surface area contributed by atoms with Gasteiger partial charge in [-0.25, -0.2) is 0 Å². The van der Waals surface area contributed by atoms with Crippen molar-refractivity contribution >= 4 is 14.7 Å². The molecule has 0 aromatic heterocycles. The second kappa shape index (κ2) is 50.2. The first-order chi connectivity index (χ1) is 11.6. The number of benzene rings is 1. The van der Waals surface area contributed by atoms with Crippen molar-refractivity contribution in [2.45, 2.75) is 85.6 Å². The van der Waals surface area contributed by atoms with E-state index in [2.05, 4.69) is 86.2 Å². The Labute approximate surface area is 209 Å². The van der Waals surface area contributed by atoms with Crippen LogP contribution in [-0.4, -0.2) is 9.52 Å². The molecule has 0 heterocycles. The maximum atomic E-state index is 3.60. The molecule has 0 bridgehead atoms. The second-order valence-electron chi connectivity index (χ2n) is 5.03. The van der Waals surface area contributed by atoms with Gasteiger partial charge in [-0.2, -0.15) is 25.7 Å². The van der Waals surface area contributed by atoms with Crippen LogP contribution in [0.15, 0.2) is 30.3 Å². The van der Waals surface area contributed by atoms with Crippen LogP contribution in [0.1, 0.15) is 79.1 Å². The van der Waals surface area contributed by atoms with E-state index in [9.17, 15) is 0 Å². The number of hydrogen-bond acceptors (Lipinski definition) is 0. The summed E-state index contributed by atoms with van der Waals surface area (Å²) in [6, 6.07) is 10.5. The zero-order chi connectivity index (χ0) is 19.5. The third-order valence-electron chi connectivity index (χ3n) is 2.48. The Balaban J connectivity index is -0.0000000495. The second-order valence-corrected chi connectivity index (χ2v) is 6.11. The Morgan fingerprint density at radius 3 is 0.962 bits per heavy atom. The molecule has 0 amide bonds. The fourth-order valence-electron chi connectivity index (χ4n) is 0.605. The smallest absolute Gasteiger partial charge is 0.343 e. The summed E-state index contributed by atoms with van der Waals surface area (Å²) in [5, 5.41) is 1.44. The van der Waals surface area contributed by atoms with Gasteiger partial charge in [-0.1, -0.05) is 95.4 Å². The Hall–Kier alpha value is 1.20. The molecule has 1 aromatic rings. The molecule has 0 aliphatic carbocycles. The number of unbranched alkanes of at least 4 members (excludes halogenated alkanes) is 4. The van der Waals surface area contributed by atoms with Crippen LogP contribution in [0.5, 0.6) is 0 Å². The van der Waals surface area contributed by atoms with Crippen molar-refractivity contribution in [1.29, 1.82) is 0 Å². The van der Waals surface area contributed by atoms with Gasteiger partial charge in [0.25, 0.3) is 0 Å². The minimum absolute atomic E-state index is 0. The predicted molar refractivity (Wildman–Crippen MR) is 119 cm³/mol. The first-order valence-corrected chi connectivity index (χ1v) is 11.0. The van der Waals surface area contributed by atoms with Crippen molar-refractivity contribution in [3.63, 3.8) is 0 Å². The van der Waals surface area contributed by atoms with E-state index in [1.165, 1.54) is 30.9 Å². The standard InChI is InChI=1S/C7H8Si.4C4H9.2Zr/c1-8-7-5-3-2-4-6-7;4*1-3-4-2;;/h2-6H,1H3;4*1,3-4H2,2H3;;/q;4*-1;2*+2. The van der Waals surface area contributed by atoms with E-state index < -0.39 is 0 Å². The maximum Gasteiger partial charge on any atom is 2.00 e. The van der Waals surface area contributed by atoms with Crippen LogP contribution in [0.4, 0.5) is 0 Å². The average molecular weight is 531 g/mol. The van der Waals surface area contributed by atoms with Crippen molar-refractivity contribution < 1.29 is 52.4 Å². The normalized spacial score (nSPS) is 7.42. The third kappa shape index (κ3) is 63.9. The van der Waals surface area contributed by atoms with Gasteiger partial charge in [-0.15, -0.1) is 0 Å². The molecule has 0 aliphatic rings. The van der Waals surface area contributed by atoms with Crippen molar-refractivity contribution in [3.05, 3.63) is 58.0 Å². The Kier molecular flexibility index (Phi) is 80.3. The van der Waals surface area contributed by atoms with Crippen LogP contribution in [0.2, 0.25) is 6.55 Å². The van der Waals surface area contributed by atoms with Crippen LogP contribution < -0.4 is 5.19 Å². The first kappa shape index (κ1) is 41.5. The molecule has 0 unspecified atom stereocenters. The van der Waals surface area contributed by atoms with E-state index in [1.807, 2.05) is 6.07 Å². The summed E-state index contributed by atoms with van der Waals surface area (Å²) in [6.45, 7) is 25.1. The molecule has 2 radical (unpaired) electrons. The summed E-state index contributed by atoms with van der Waals surface area (Å²) in [5.41, 5.74) is 0. The molecule has 0 nitrogen and oxygen atoms in total. The quantitative estimate of drug-likeness (QED) is 0.272. The molecular formula is C23H44SiZr2. The molecule has 0 aliphatic heterocycles. The van der Waals surface area contributed by atoms with Crippen LogP contribution in [-0.2, 0) is 52.4 Å². The van der Waals surface area contributed by atoms with Gasteiger partial charge in [-0.05, 0) is 0 Å². The number of hydrogen-bond donors (Lipinski definition) is 0. The SMILES string of the molecule is C[Si]c1ccccc1.[CH2-]CCC.[CH2-]CCC.[CH2-]CCC.[CH2-]CCC.[Zr+2].[Zr+2]. The molecule has 3 heteroatoms. The van der Waals surface area contributed by atoms with Crippen LogP contribution in [0.25, 0.3) is 0 Å². The molecule has 0 saturated carbocycles. The van der Waals surface area contributed by atoms with E-state index in [0.29, 0.717) is 0 Å². The summed E-state index contributed by atoms with van der Waals surface area (Å²) in [5.74, 6) is 0. The Morgan fingerprint density at radius 2 is 0.846 bits per heavy atom. The molecule has 0 N–H and O–H groups in total. The molecule has 1 rings (SSSR count). The van der Waals surface area contributed by atoms with Gasteiger partial charge < -0.3 is 27.7 Å². The zero-order valence-electron chi connectivity index (χ0n) is 18.4. The first-order valence-electron chi connectivity index (χ1n) is 9.49. The third-order valence-corrected chi connectivity index (χ3v) is 3.39. The molecule has 0 spiro atoms. The van der Waals surface area contributed by atoms with Crippen LogP contribution >= 0.6 is 0 Å². The van der Waals surface area contributed by atoms with Gasteiger partial charge >= 0.3 is 52.4 Å². The van der Waals surface area contributed by atoms with E-state index in [-0.39, 0.29) is 52.4 Å². The Morgan fingerprint density at radius 1 is 0.615 bits per heavy atom. The van der Waals surface area contributed by atoms with E-state index in [4.69, 9.17) is 0 Å². The molecular weight excluding hydrogens is 487 g/mol. The fourth-order valence-corrected chi connectivity index (χ4v) is 1.13. The Bertz CT molecular complexity index is 230. The summed E-state index contributed by atoms with van der Waals surface area (Å²) in [7, 11) is 0.930. The maximum absolute atomic E-state index is 3.60. The monoisotopic (exact) mass is 528 g/mol. The van der Waals surface area contributed by atoms with Gasteiger partial charge in [0, 0.05) is 0 Å². The van der Waals surface area contributed by atoms with Crippen molar-refractivity contribution in [1.82, 2.24) is 0 Å². The average Bonchev–Trinajstić information content (AvgIpc) is 2.69. The van der Waals surface area contributed by atoms with Crippen LogP contribution in [0.3, 0.4) is 0 Å². The van der Waals surface area contributed by atoms with Gasteiger partial charge in [0.15, 0.2) is 0 Å². The minimum Gasteiger partial charge on any atom is -0.343 e.